The van der Waals surface area contributed by atoms with Crippen LogP contribution in [0, 0.1) is 12.8 Å². The SMILES string of the molecule is Cc1ccc(C[C@@H]2CCCN(C(=O)c3ccn(C)n3)C2)cn1. The first-order valence-electron chi connectivity index (χ1n) is 7.82. The molecule has 3 rings (SSSR count). The second-order valence-electron chi connectivity index (χ2n) is 6.15. The lowest BCUT2D eigenvalue weighted by Gasteiger charge is -2.32. The number of likely N-dealkylation sites (tertiary alicyclic amines) is 1. The first-order valence-corrected chi connectivity index (χ1v) is 7.82. The zero-order chi connectivity index (χ0) is 15.5. The minimum absolute atomic E-state index is 0.0485. The van der Waals surface area contributed by atoms with Crippen molar-refractivity contribution in [2.24, 2.45) is 13.0 Å². The summed E-state index contributed by atoms with van der Waals surface area (Å²) >= 11 is 0. The summed E-state index contributed by atoms with van der Waals surface area (Å²) in [7, 11) is 1.83. The van der Waals surface area contributed by atoms with Gasteiger partial charge in [-0.3, -0.25) is 14.5 Å². The molecule has 0 N–H and O–H groups in total. The number of amides is 1. The van der Waals surface area contributed by atoms with Gasteiger partial charge in [-0.25, -0.2) is 0 Å². The van der Waals surface area contributed by atoms with E-state index in [-0.39, 0.29) is 5.91 Å². The summed E-state index contributed by atoms with van der Waals surface area (Å²) < 4.78 is 1.67. The van der Waals surface area contributed by atoms with Gasteiger partial charge in [0.05, 0.1) is 0 Å². The number of piperidine rings is 1. The highest BCUT2D eigenvalue weighted by atomic mass is 16.2. The van der Waals surface area contributed by atoms with Crippen molar-refractivity contribution < 1.29 is 4.79 Å². The Hall–Kier alpha value is -2.17. The number of nitrogens with zero attached hydrogens (tertiary/aromatic N) is 4. The molecule has 1 fully saturated rings. The van der Waals surface area contributed by atoms with Crippen LogP contribution in [0.3, 0.4) is 0 Å². The molecule has 0 spiro atoms. The van der Waals surface area contributed by atoms with E-state index in [1.54, 1.807) is 10.7 Å². The summed E-state index contributed by atoms with van der Waals surface area (Å²) in [5, 5.41) is 4.22. The molecule has 1 aliphatic heterocycles. The van der Waals surface area contributed by atoms with Crippen molar-refractivity contribution in [3.05, 3.63) is 47.5 Å². The van der Waals surface area contributed by atoms with Crippen LogP contribution >= 0.6 is 0 Å². The Morgan fingerprint density at radius 1 is 1.36 bits per heavy atom. The molecule has 1 amide bonds. The van der Waals surface area contributed by atoms with Gasteiger partial charge in [-0.05, 0) is 49.8 Å². The van der Waals surface area contributed by atoms with Crippen LogP contribution in [0.15, 0.2) is 30.6 Å². The molecule has 0 aromatic carbocycles. The number of carbonyl (C=O) groups excluding carboxylic acids is 1. The van der Waals surface area contributed by atoms with Crippen molar-refractivity contribution in [3.8, 4) is 0 Å². The highest BCUT2D eigenvalue weighted by molar-refractivity contribution is 5.92. The van der Waals surface area contributed by atoms with E-state index in [0.717, 1.165) is 31.6 Å². The molecule has 0 bridgehead atoms. The van der Waals surface area contributed by atoms with Crippen molar-refractivity contribution in [2.45, 2.75) is 26.2 Å². The molecule has 5 nitrogen and oxygen atoms in total. The maximum Gasteiger partial charge on any atom is 0.274 e. The Bertz CT molecular complexity index is 647. The maximum absolute atomic E-state index is 12.5. The van der Waals surface area contributed by atoms with Crippen LogP contribution in [0.4, 0.5) is 0 Å². The van der Waals surface area contributed by atoms with Crippen LogP contribution in [-0.2, 0) is 13.5 Å². The van der Waals surface area contributed by atoms with Crippen LogP contribution in [-0.4, -0.2) is 38.7 Å². The number of rotatable bonds is 3. The molecule has 2 aromatic heterocycles. The van der Waals surface area contributed by atoms with Gasteiger partial charge in [0.25, 0.3) is 5.91 Å². The van der Waals surface area contributed by atoms with E-state index in [2.05, 4.69) is 22.2 Å². The quantitative estimate of drug-likeness (QED) is 0.873. The fourth-order valence-corrected chi connectivity index (χ4v) is 3.06. The van der Waals surface area contributed by atoms with Gasteiger partial charge in [-0.2, -0.15) is 5.10 Å². The van der Waals surface area contributed by atoms with Gasteiger partial charge in [0.1, 0.15) is 5.69 Å². The predicted molar refractivity (Wildman–Crippen MR) is 84.5 cm³/mol. The summed E-state index contributed by atoms with van der Waals surface area (Å²) in [5.41, 5.74) is 2.84. The van der Waals surface area contributed by atoms with Gasteiger partial charge in [0.2, 0.25) is 0 Å². The predicted octanol–water partition coefficient (Wildman–Crippen LogP) is 2.22. The largest absolute Gasteiger partial charge is 0.337 e. The van der Waals surface area contributed by atoms with Gasteiger partial charge < -0.3 is 4.90 Å². The first-order chi connectivity index (χ1) is 10.6. The number of aromatic nitrogens is 3. The van der Waals surface area contributed by atoms with Gasteiger partial charge in [0.15, 0.2) is 0 Å². The van der Waals surface area contributed by atoms with Gasteiger partial charge >= 0.3 is 0 Å². The van der Waals surface area contributed by atoms with Crippen molar-refractivity contribution >= 4 is 5.91 Å². The lowest BCUT2D eigenvalue weighted by Crippen LogP contribution is -2.40. The third-order valence-electron chi connectivity index (χ3n) is 4.24. The van der Waals surface area contributed by atoms with Crippen LogP contribution < -0.4 is 0 Å². The molecule has 0 aliphatic carbocycles. The van der Waals surface area contributed by atoms with Crippen LogP contribution in [0.2, 0.25) is 0 Å². The number of hydrogen-bond acceptors (Lipinski definition) is 3. The zero-order valence-electron chi connectivity index (χ0n) is 13.2. The van der Waals surface area contributed by atoms with E-state index in [9.17, 15) is 4.79 Å². The van der Waals surface area contributed by atoms with E-state index >= 15 is 0 Å². The molecular formula is C17H22N4O. The topological polar surface area (TPSA) is 51.0 Å². The van der Waals surface area contributed by atoms with E-state index in [4.69, 9.17) is 0 Å². The Kier molecular flexibility index (Phi) is 4.22. The third-order valence-corrected chi connectivity index (χ3v) is 4.24. The fraction of sp³-hybridized carbons (Fsp3) is 0.471. The second-order valence-corrected chi connectivity index (χ2v) is 6.15. The van der Waals surface area contributed by atoms with Gasteiger partial charge in [-0.1, -0.05) is 6.07 Å². The summed E-state index contributed by atoms with van der Waals surface area (Å²) in [6.45, 7) is 3.64. The normalized spacial score (nSPS) is 18.5. The van der Waals surface area contributed by atoms with Gasteiger partial charge in [-0.15, -0.1) is 0 Å². The molecule has 1 aliphatic rings. The standard InChI is InChI=1S/C17H22N4O/c1-13-5-6-14(11-18-13)10-15-4-3-8-21(12-15)17(22)16-7-9-20(2)19-16/h5-7,9,11,15H,3-4,8,10,12H2,1-2H3/t15-/m0/s1. The maximum atomic E-state index is 12.5. The molecule has 3 heterocycles. The van der Waals surface area contributed by atoms with Crippen molar-refractivity contribution in [3.63, 3.8) is 0 Å². The Morgan fingerprint density at radius 2 is 2.23 bits per heavy atom. The molecule has 1 atom stereocenters. The fourth-order valence-electron chi connectivity index (χ4n) is 3.06. The Labute approximate surface area is 131 Å². The van der Waals surface area contributed by atoms with Gasteiger partial charge in [0, 0.05) is 38.2 Å². The Balaban J connectivity index is 1.63. The molecule has 0 saturated carbocycles. The third kappa shape index (κ3) is 3.35. The number of hydrogen-bond donors (Lipinski definition) is 0. The molecule has 1 saturated heterocycles. The second kappa shape index (κ2) is 6.30. The van der Waals surface area contributed by atoms with Crippen molar-refractivity contribution in [2.75, 3.05) is 13.1 Å². The van der Waals surface area contributed by atoms with E-state index < -0.39 is 0 Å². The summed E-state index contributed by atoms with van der Waals surface area (Å²) in [6, 6.07) is 5.98. The minimum atomic E-state index is 0.0485. The Morgan fingerprint density at radius 3 is 2.91 bits per heavy atom. The summed E-state index contributed by atoms with van der Waals surface area (Å²) in [4.78, 5) is 18.8. The molecule has 22 heavy (non-hydrogen) atoms. The minimum Gasteiger partial charge on any atom is -0.337 e. The molecule has 116 valence electrons. The highest BCUT2D eigenvalue weighted by Crippen LogP contribution is 2.22. The van der Waals surface area contributed by atoms with Crippen LogP contribution in [0.1, 0.15) is 34.6 Å². The van der Waals surface area contributed by atoms with Crippen molar-refractivity contribution in [1.82, 2.24) is 19.7 Å². The van der Waals surface area contributed by atoms with E-state index in [1.165, 1.54) is 12.0 Å². The lowest BCUT2D eigenvalue weighted by atomic mass is 9.91. The van der Waals surface area contributed by atoms with E-state index in [0.29, 0.717) is 11.6 Å². The van der Waals surface area contributed by atoms with Crippen LogP contribution in [0.25, 0.3) is 0 Å². The summed E-state index contributed by atoms with van der Waals surface area (Å²) in [6.07, 6.45) is 6.98. The number of carbonyl (C=O) groups is 1. The molecular weight excluding hydrogens is 276 g/mol. The molecule has 2 aromatic rings. The zero-order valence-corrected chi connectivity index (χ0v) is 13.2. The lowest BCUT2D eigenvalue weighted by molar-refractivity contribution is 0.0666. The molecule has 0 radical (unpaired) electrons. The average Bonchev–Trinajstić information content (AvgIpc) is 2.96. The molecule has 0 unspecified atom stereocenters. The highest BCUT2D eigenvalue weighted by Gasteiger charge is 2.25. The van der Waals surface area contributed by atoms with Crippen molar-refractivity contribution in [1.29, 1.82) is 0 Å². The summed E-state index contributed by atoms with van der Waals surface area (Å²) in [5.74, 6) is 0.554. The van der Waals surface area contributed by atoms with Crippen LogP contribution in [0.5, 0.6) is 0 Å². The number of aryl methyl sites for hydroxylation is 2. The van der Waals surface area contributed by atoms with E-state index in [1.807, 2.05) is 31.3 Å². The molecule has 5 heteroatoms. The monoisotopic (exact) mass is 298 g/mol. The average molecular weight is 298 g/mol. The smallest absolute Gasteiger partial charge is 0.274 e. The first kappa shape index (κ1) is 14.8. The number of pyridine rings is 1.